The third-order valence-corrected chi connectivity index (χ3v) is 5.88. The first-order chi connectivity index (χ1) is 14.6. The Morgan fingerprint density at radius 2 is 1.90 bits per heavy atom. The second kappa shape index (κ2) is 9.28. The number of hydrogen-bond acceptors (Lipinski definition) is 5. The van der Waals surface area contributed by atoms with E-state index in [1.165, 1.54) is 0 Å². The van der Waals surface area contributed by atoms with Gasteiger partial charge in [0.1, 0.15) is 5.75 Å². The van der Waals surface area contributed by atoms with Gasteiger partial charge in [0, 0.05) is 38.1 Å². The van der Waals surface area contributed by atoms with Gasteiger partial charge in [0.15, 0.2) is 5.75 Å². The number of anilines is 1. The molecular weight excluding hydrogens is 396 g/mol. The van der Waals surface area contributed by atoms with Crippen LogP contribution in [0.1, 0.15) is 16.3 Å². The number of nitrogens with zero attached hydrogens (tertiary/aromatic N) is 3. The number of carbonyl (C=O) groups is 1. The maximum absolute atomic E-state index is 12.8. The predicted octanol–water partition coefficient (Wildman–Crippen LogP) is 4.90. The largest absolute Gasteiger partial charge is 0.455 e. The summed E-state index contributed by atoms with van der Waals surface area (Å²) in [6.07, 6.45) is 0. The molecule has 2 heterocycles. The molecule has 2 aromatic carbocycles. The molecule has 0 aliphatic carbocycles. The first-order valence-electron chi connectivity index (χ1n) is 10.1. The van der Waals surface area contributed by atoms with Crippen LogP contribution in [0.5, 0.6) is 11.5 Å². The molecule has 1 fully saturated rings. The van der Waals surface area contributed by atoms with Crippen molar-refractivity contribution in [2.75, 3.05) is 31.5 Å². The quantitative estimate of drug-likeness (QED) is 0.635. The standard InChI is InChI=1S/C23H26N4O2S/c1-17-6-5-7-20(14-17)29-22-9-4-3-8-21(22)25-23(28)27-12-10-26(11-13-27)15-19-16-30-18(2)24-19/h3-9,14,16H,10-13,15H2,1-2H3,(H,25,28). The van der Waals surface area contributed by atoms with E-state index in [0.29, 0.717) is 24.5 Å². The molecule has 30 heavy (non-hydrogen) atoms. The first kappa shape index (κ1) is 20.4. The summed E-state index contributed by atoms with van der Waals surface area (Å²) >= 11 is 1.68. The fourth-order valence-corrected chi connectivity index (χ4v) is 4.08. The van der Waals surface area contributed by atoms with E-state index in [4.69, 9.17) is 4.74 Å². The zero-order chi connectivity index (χ0) is 20.9. The maximum atomic E-state index is 12.8. The van der Waals surface area contributed by atoms with Gasteiger partial charge in [-0.1, -0.05) is 24.3 Å². The topological polar surface area (TPSA) is 57.7 Å². The van der Waals surface area contributed by atoms with E-state index in [1.54, 1.807) is 11.3 Å². The van der Waals surface area contributed by atoms with Crippen molar-refractivity contribution < 1.29 is 9.53 Å². The SMILES string of the molecule is Cc1cccc(Oc2ccccc2NC(=O)N2CCN(Cc3csc(C)n3)CC2)c1. The molecule has 1 saturated heterocycles. The third kappa shape index (κ3) is 5.17. The monoisotopic (exact) mass is 422 g/mol. The highest BCUT2D eigenvalue weighted by atomic mass is 32.1. The molecule has 1 aliphatic rings. The summed E-state index contributed by atoms with van der Waals surface area (Å²) in [6.45, 7) is 7.95. The van der Waals surface area contributed by atoms with Gasteiger partial charge in [-0.05, 0) is 43.7 Å². The normalized spacial score (nSPS) is 14.5. The Morgan fingerprint density at radius 3 is 2.63 bits per heavy atom. The number of rotatable bonds is 5. The molecule has 0 bridgehead atoms. The van der Waals surface area contributed by atoms with Gasteiger partial charge in [0.05, 0.1) is 16.4 Å². The number of benzene rings is 2. The van der Waals surface area contributed by atoms with Crippen molar-refractivity contribution in [3.63, 3.8) is 0 Å². The number of urea groups is 1. The molecule has 1 aliphatic heterocycles. The Kier molecular flexibility index (Phi) is 6.30. The number of ether oxygens (including phenoxy) is 1. The summed E-state index contributed by atoms with van der Waals surface area (Å²) in [5, 5.41) is 6.22. The van der Waals surface area contributed by atoms with Gasteiger partial charge >= 0.3 is 6.03 Å². The summed E-state index contributed by atoms with van der Waals surface area (Å²) in [5.41, 5.74) is 2.90. The number of carbonyl (C=O) groups excluding carboxylic acids is 1. The molecule has 3 aromatic rings. The summed E-state index contributed by atoms with van der Waals surface area (Å²) in [4.78, 5) is 21.6. The molecule has 0 radical (unpaired) electrons. The molecule has 1 aromatic heterocycles. The van der Waals surface area contributed by atoms with E-state index in [2.05, 4.69) is 20.6 Å². The van der Waals surface area contributed by atoms with Crippen molar-refractivity contribution in [1.82, 2.24) is 14.8 Å². The smallest absolute Gasteiger partial charge is 0.322 e. The van der Waals surface area contributed by atoms with Gasteiger partial charge in [-0.25, -0.2) is 9.78 Å². The second-order valence-electron chi connectivity index (χ2n) is 7.47. The Hall–Kier alpha value is -2.90. The van der Waals surface area contributed by atoms with Crippen LogP contribution in [-0.4, -0.2) is 47.0 Å². The highest BCUT2D eigenvalue weighted by Gasteiger charge is 2.22. The van der Waals surface area contributed by atoms with Crippen molar-refractivity contribution in [3.8, 4) is 11.5 Å². The van der Waals surface area contributed by atoms with E-state index >= 15 is 0 Å². The lowest BCUT2D eigenvalue weighted by atomic mass is 10.2. The molecule has 4 rings (SSSR count). The van der Waals surface area contributed by atoms with E-state index < -0.39 is 0 Å². The van der Waals surface area contributed by atoms with Crippen LogP contribution in [0.2, 0.25) is 0 Å². The number of thiazole rings is 1. The van der Waals surface area contributed by atoms with Crippen LogP contribution in [0, 0.1) is 13.8 Å². The van der Waals surface area contributed by atoms with Crippen molar-refractivity contribution >= 4 is 23.1 Å². The number of aromatic nitrogens is 1. The molecule has 6 nitrogen and oxygen atoms in total. The van der Waals surface area contributed by atoms with Crippen molar-refractivity contribution in [1.29, 1.82) is 0 Å². The lowest BCUT2D eigenvalue weighted by molar-refractivity contribution is 0.142. The van der Waals surface area contributed by atoms with Crippen LogP contribution in [0.25, 0.3) is 0 Å². The van der Waals surface area contributed by atoms with Gasteiger partial charge in [-0.3, -0.25) is 4.90 Å². The zero-order valence-electron chi connectivity index (χ0n) is 17.3. The number of piperazine rings is 1. The first-order valence-corrected chi connectivity index (χ1v) is 11.0. The molecule has 7 heteroatoms. The van der Waals surface area contributed by atoms with Crippen molar-refractivity contribution in [2.45, 2.75) is 20.4 Å². The summed E-state index contributed by atoms with van der Waals surface area (Å²) in [7, 11) is 0. The maximum Gasteiger partial charge on any atom is 0.322 e. The highest BCUT2D eigenvalue weighted by Crippen LogP contribution is 2.30. The minimum Gasteiger partial charge on any atom is -0.455 e. The van der Waals surface area contributed by atoms with Crippen LogP contribution in [0.15, 0.2) is 53.9 Å². The Morgan fingerprint density at radius 1 is 1.10 bits per heavy atom. The number of nitrogens with one attached hydrogen (secondary N) is 1. The van der Waals surface area contributed by atoms with Gasteiger partial charge in [-0.2, -0.15) is 0 Å². The van der Waals surface area contributed by atoms with E-state index in [0.717, 1.165) is 41.6 Å². The van der Waals surface area contributed by atoms with Crippen LogP contribution in [0.3, 0.4) is 0 Å². The average molecular weight is 423 g/mol. The minimum atomic E-state index is -0.0977. The Labute approximate surface area is 181 Å². The van der Waals surface area contributed by atoms with Gasteiger partial charge in [-0.15, -0.1) is 11.3 Å². The highest BCUT2D eigenvalue weighted by molar-refractivity contribution is 7.09. The van der Waals surface area contributed by atoms with Crippen LogP contribution in [0.4, 0.5) is 10.5 Å². The lowest BCUT2D eigenvalue weighted by Crippen LogP contribution is -2.49. The van der Waals surface area contributed by atoms with Crippen molar-refractivity contribution in [2.24, 2.45) is 0 Å². The third-order valence-electron chi connectivity index (χ3n) is 5.06. The van der Waals surface area contributed by atoms with Gasteiger partial charge in [0.2, 0.25) is 0 Å². The number of para-hydroxylation sites is 2. The fraction of sp³-hybridized carbons (Fsp3) is 0.304. The summed E-state index contributed by atoms with van der Waals surface area (Å²) in [5.74, 6) is 1.39. The number of hydrogen-bond donors (Lipinski definition) is 1. The van der Waals surface area contributed by atoms with Crippen molar-refractivity contribution in [3.05, 3.63) is 70.2 Å². The summed E-state index contributed by atoms with van der Waals surface area (Å²) < 4.78 is 6.02. The van der Waals surface area contributed by atoms with Crippen LogP contribution in [-0.2, 0) is 6.54 Å². The van der Waals surface area contributed by atoms with Crippen LogP contribution < -0.4 is 10.1 Å². The number of aryl methyl sites for hydroxylation is 2. The molecule has 0 spiro atoms. The molecule has 0 atom stereocenters. The van der Waals surface area contributed by atoms with E-state index in [1.807, 2.05) is 67.3 Å². The Bertz CT molecular complexity index is 1010. The molecule has 2 amide bonds. The zero-order valence-corrected chi connectivity index (χ0v) is 18.1. The molecule has 0 unspecified atom stereocenters. The predicted molar refractivity (Wildman–Crippen MR) is 120 cm³/mol. The molecule has 0 saturated carbocycles. The lowest BCUT2D eigenvalue weighted by Gasteiger charge is -2.34. The number of amides is 2. The Balaban J connectivity index is 1.34. The van der Waals surface area contributed by atoms with Gasteiger partial charge in [0.25, 0.3) is 0 Å². The molecular formula is C23H26N4O2S. The van der Waals surface area contributed by atoms with E-state index in [9.17, 15) is 4.79 Å². The van der Waals surface area contributed by atoms with Gasteiger partial charge < -0.3 is 15.0 Å². The fourth-order valence-electron chi connectivity index (χ4n) is 3.48. The second-order valence-corrected chi connectivity index (χ2v) is 8.53. The molecule has 156 valence electrons. The summed E-state index contributed by atoms with van der Waals surface area (Å²) in [6, 6.07) is 15.3. The average Bonchev–Trinajstić information content (AvgIpc) is 3.14. The van der Waals surface area contributed by atoms with Crippen LogP contribution >= 0.6 is 11.3 Å². The van der Waals surface area contributed by atoms with E-state index in [-0.39, 0.29) is 6.03 Å². The molecule has 1 N–H and O–H groups in total. The minimum absolute atomic E-state index is 0.0977.